The van der Waals surface area contributed by atoms with E-state index in [4.69, 9.17) is 5.73 Å². The maximum absolute atomic E-state index is 10.5. The molecule has 0 saturated heterocycles. The third kappa shape index (κ3) is 2.78. The van der Waals surface area contributed by atoms with Gasteiger partial charge in [-0.15, -0.1) is 0 Å². The Morgan fingerprint density at radius 2 is 2.23 bits per heavy atom. The van der Waals surface area contributed by atoms with Crippen molar-refractivity contribution in [1.82, 2.24) is 5.73 Å². The molecule has 0 atom stereocenters. The Morgan fingerprint density at radius 3 is 2.85 bits per heavy atom. The molecule has 0 saturated carbocycles. The second-order valence-electron chi connectivity index (χ2n) is 2.43. The van der Waals surface area contributed by atoms with E-state index < -0.39 is 5.91 Å². The van der Waals surface area contributed by atoms with E-state index in [0.29, 0.717) is 11.3 Å². The van der Waals surface area contributed by atoms with E-state index in [-0.39, 0.29) is 6.42 Å². The van der Waals surface area contributed by atoms with Gasteiger partial charge in [-0.2, -0.15) is 4.99 Å². The number of hydrogen-bond acceptors (Lipinski definition) is 3. The molecule has 0 spiro atoms. The number of aliphatic imine (C=N–C) groups is 1. The van der Waals surface area contributed by atoms with Gasteiger partial charge in [-0.1, -0.05) is 18.2 Å². The van der Waals surface area contributed by atoms with Crippen LogP contribution in [0.4, 0.5) is 5.69 Å². The highest BCUT2D eigenvalue weighted by Gasteiger charge is 2.03. The fraction of sp³-hybridized carbons (Fsp3) is 0.111. The van der Waals surface area contributed by atoms with Gasteiger partial charge in [-0.25, -0.2) is 0 Å². The first kappa shape index (κ1) is 9.58. The third-order valence-corrected chi connectivity index (χ3v) is 1.60. The number of para-hydroxylation sites is 1. The molecule has 0 aliphatic carbocycles. The van der Waals surface area contributed by atoms with E-state index in [1.54, 1.807) is 24.3 Å². The maximum atomic E-state index is 10.5. The van der Waals surface area contributed by atoms with Crippen LogP contribution in [0.15, 0.2) is 29.3 Å². The van der Waals surface area contributed by atoms with Crippen LogP contribution in [0.3, 0.4) is 0 Å². The van der Waals surface area contributed by atoms with Crippen molar-refractivity contribution in [2.45, 2.75) is 6.42 Å². The molecule has 1 N–H and O–H groups in total. The summed E-state index contributed by atoms with van der Waals surface area (Å²) in [6.07, 6.45) is 0.0662. The Hall–Kier alpha value is -1.51. The van der Waals surface area contributed by atoms with Crippen molar-refractivity contribution in [2.24, 2.45) is 4.99 Å². The SMILES string of the molecule is [NH]C(=O)Cc1ccccc1N=C=S. The average Bonchev–Trinajstić information content (AvgIpc) is 2.08. The van der Waals surface area contributed by atoms with Crippen LogP contribution in [0, 0.1) is 0 Å². The van der Waals surface area contributed by atoms with Gasteiger partial charge in [0.05, 0.1) is 17.3 Å². The van der Waals surface area contributed by atoms with Crippen LogP contribution in [0.2, 0.25) is 0 Å². The summed E-state index contributed by atoms with van der Waals surface area (Å²) in [4.78, 5) is 14.3. The third-order valence-electron chi connectivity index (χ3n) is 1.51. The van der Waals surface area contributed by atoms with Crippen molar-refractivity contribution in [3.05, 3.63) is 29.8 Å². The van der Waals surface area contributed by atoms with Gasteiger partial charge in [0.15, 0.2) is 0 Å². The zero-order valence-electron chi connectivity index (χ0n) is 6.78. The van der Waals surface area contributed by atoms with Gasteiger partial charge in [0.1, 0.15) is 0 Å². The molecule has 0 bridgehead atoms. The van der Waals surface area contributed by atoms with Crippen LogP contribution in [0.25, 0.3) is 0 Å². The van der Waals surface area contributed by atoms with E-state index >= 15 is 0 Å². The second-order valence-corrected chi connectivity index (χ2v) is 2.61. The lowest BCUT2D eigenvalue weighted by Crippen LogP contribution is -2.02. The summed E-state index contributed by atoms with van der Waals surface area (Å²) in [5, 5.41) is 2.23. The van der Waals surface area contributed by atoms with Gasteiger partial charge < -0.3 is 0 Å². The highest BCUT2D eigenvalue weighted by molar-refractivity contribution is 7.78. The summed E-state index contributed by atoms with van der Waals surface area (Å²) in [5.74, 6) is -0.632. The molecule has 65 valence electrons. The van der Waals surface area contributed by atoms with Crippen molar-refractivity contribution in [1.29, 1.82) is 0 Å². The number of nitrogens with zero attached hydrogens (tertiary/aromatic N) is 1. The lowest BCUT2D eigenvalue weighted by atomic mass is 10.1. The molecule has 3 nitrogen and oxygen atoms in total. The minimum absolute atomic E-state index is 0.0662. The summed E-state index contributed by atoms with van der Waals surface area (Å²) < 4.78 is 0. The topological polar surface area (TPSA) is 53.2 Å². The van der Waals surface area contributed by atoms with Gasteiger partial charge >= 0.3 is 0 Å². The molecule has 1 amide bonds. The lowest BCUT2D eigenvalue weighted by Gasteiger charge is -1.99. The maximum Gasteiger partial charge on any atom is 0.242 e. The smallest absolute Gasteiger partial charge is 0.242 e. The van der Waals surface area contributed by atoms with Crippen molar-refractivity contribution < 1.29 is 4.79 Å². The van der Waals surface area contributed by atoms with E-state index in [1.165, 1.54) is 0 Å². The molecule has 0 aliphatic heterocycles. The molecular weight excluding hydrogens is 184 g/mol. The Kier molecular flexibility index (Phi) is 3.31. The molecule has 1 radical (unpaired) electrons. The summed E-state index contributed by atoms with van der Waals surface area (Å²) in [7, 11) is 0. The molecule has 0 aliphatic rings. The molecule has 1 aromatic rings. The van der Waals surface area contributed by atoms with Gasteiger partial charge in [0, 0.05) is 0 Å². The number of hydrogen-bond donors (Lipinski definition) is 0. The van der Waals surface area contributed by atoms with Crippen LogP contribution >= 0.6 is 12.2 Å². The quantitative estimate of drug-likeness (QED) is 0.540. The summed E-state index contributed by atoms with van der Waals surface area (Å²) in [5.41, 5.74) is 8.13. The number of rotatable bonds is 3. The zero-order chi connectivity index (χ0) is 9.68. The van der Waals surface area contributed by atoms with Crippen molar-refractivity contribution >= 4 is 29.0 Å². The van der Waals surface area contributed by atoms with Crippen molar-refractivity contribution in [3.8, 4) is 0 Å². The zero-order valence-corrected chi connectivity index (χ0v) is 7.60. The van der Waals surface area contributed by atoms with Gasteiger partial charge in [0.25, 0.3) is 0 Å². The first-order chi connectivity index (χ1) is 6.24. The fourth-order valence-corrected chi connectivity index (χ4v) is 1.09. The Bertz CT molecular complexity index is 370. The van der Waals surface area contributed by atoms with Crippen LogP contribution in [0.5, 0.6) is 0 Å². The normalized spacial score (nSPS) is 8.92. The predicted molar refractivity (Wildman–Crippen MR) is 52.9 cm³/mol. The highest BCUT2D eigenvalue weighted by Crippen LogP contribution is 2.18. The monoisotopic (exact) mass is 191 g/mol. The van der Waals surface area contributed by atoms with Crippen LogP contribution in [-0.2, 0) is 11.2 Å². The average molecular weight is 191 g/mol. The lowest BCUT2D eigenvalue weighted by molar-refractivity contribution is -0.118. The summed E-state index contributed by atoms with van der Waals surface area (Å²) in [6, 6.07) is 7.07. The number of amides is 1. The standard InChI is InChI=1S/C9H7N2OS/c10-9(12)5-7-3-1-2-4-8(7)11-6-13/h1-4,10H,5H2. The Labute approximate surface area is 81.3 Å². The summed E-state index contributed by atoms with van der Waals surface area (Å²) >= 11 is 4.46. The number of carbonyl (C=O) groups is 1. The molecule has 0 heterocycles. The summed E-state index contributed by atoms with van der Waals surface area (Å²) in [6.45, 7) is 0. The van der Waals surface area contributed by atoms with E-state index in [2.05, 4.69) is 22.4 Å². The van der Waals surface area contributed by atoms with E-state index in [9.17, 15) is 4.79 Å². The number of benzene rings is 1. The van der Waals surface area contributed by atoms with E-state index in [1.807, 2.05) is 0 Å². The van der Waals surface area contributed by atoms with Gasteiger partial charge in [-0.3, -0.25) is 10.5 Å². The number of isothiocyanates is 1. The minimum atomic E-state index is -0.632. The number of carbonyl (C=O) groups excluding carboxylic acids is 1. The largest absolute Gasteiger partial charge is 0.273 e. The fourth-order valence-electron chi connectivity index (χ4n) is 0.992. The molecule has 0 unspecified atom stereocenters. The number of nitrogens with one attached hydrogen (secondary N) is 1. The van der Waals surface area contributed by atoms with Crippen LogP contribution in [-0.4, -0.2) is 11.1 Å². The molecule has 1 aromatic carbocycles. The van der Waals surface area contributed by atoms with Gasteiger partial charge in [-0.05, 0) is 23.8 Å². The molecule has 0 fully saturated rings. The molecular formula is C9H7N2OS. The van der Waals surface area contributed by atoms with E-state index in [0.717, 1.165) is 0 Å². The Morgan fingerprint density at radius 1 is 1.54 bits per heavy atom. The molecule has 0 aromatic heterocycles. The molecule has 4 heteroatoms. The first-order valence-corrected chi connectivity index (χ1v) is 4.05. The number of thiocarbonyl (C=S) groups is 1. The van der Waals surface area contributed by atoms with Crippen molar-refractivity contribution in [3.63, 3.8) is 0 Å². The minimum Gasteiger partial charge on any atom is -0.273 e. The Balaban J connectivity index is 3.04. The van der Waals surface area contributed by atoms with Gasteiger partial charge in [0.2, 0.25) is 5.91 Å². The molecule has 1 rings (SSSR count). The van der Waals surface area contributed by atoms with Crippen LogP contribution < -0.4 is 5.73 Å². The van der Waals surface area contributed by atoms with Crippen molar-refractivity contribution in [2.75, 3.05) is 0 Å². The molecule has 13 heavy (non-hydrogen) atoms. The first-order valence-electron chi connectivity index (χ1n) is 3.64. The second kappa shape index (κ2) is 4.50. The highest BCUT2D eigenvalue weighted by atomic mass is 32.1. The van der Waals surface area contributed by atoms with Crippen LogP contribution in [0.1, 0.15) is 5.56 Å². The predicted octanol–water partition coefficient (Wildman–Crippen LogP) is 1.77.